The van der Waals surface area contributed by atoms with Crippen LogP contribution in [0.25, 0.3) is 0 Å². The predicted molar refractivity (Wildman–Crippen MR) is 76.0 cm³/mol. The van der Waals surface area contributed by atoms with E-state index in [0.717, 1.165) is 5.69 Å². The number of nitro groups is 1. The van der Waals surface area contributed by atoms with Crippen molar-refractivity contribution in [3.05, 3.63) is 64.0 Å². The van der Waals surface area contributed by atoms with Gasteiger partial charge in [0.05, 0.1) is 4.92 Å². The standard InChI is InChI=1S/C14H14FN3O2/c1-17(12-4-2-11(15)3-5-12)9-10-8-13(18(19)20)6-7-14(10)16/h2-8H,9,16H2,1H3. The van der Waals surface area contributed by atoms with Gasteiger partial charge in [0.25, 0.3) is 5.69 Å². The van der Waals surface area contributed by atoms with Crippen LogP contribution in [0, 0.1) is 15.9 Å². The van der Waals surface area contributed by atoms with Gasteiger partial charge < -0.3 is 10.6 Å². The number of non-ortho nitro benzene ring substituents is 1. The minimum absolute atomic E-state index is 0.00158. The van der Waals surface area contributed by atoms with Crippen LogP contribution in [-0.2, 0) is 6.54 Å². The van der Waals surface area contributed by atoms with Gasteiger partial charge >= 0.3 is 0 Å². The zero-order valence-electron chi connectivity index (χ0n) is 10.9. The van der Waals surface area contributed by atoms with E-state index in [2.05, 4.69) is 0 Å². The van der Waals surface area contributed by atoms with E-state index in [4.69, 9.17) is 5.73 Å². The lowest BCUT2D eigenvalue weighted by molar-refractivity contribution is -0.384. The molecule has 2 rings (SSSR count). The van der Waals surface area contributed by atoms with Gasteiger partial charge in [-0.15, -0.1) is 0 Å². The number of benzene rings is 2. The van der Waals surface area contributed by atoms with Crippen LogP contribution in [0.5, 0.6) is 0 Å². The summed E-state index contributed by atoms with van der Waals surface area (Å²) in [5, 5.41) is 10.8. The molecule has 0 heterocycles. The molecular formula is C14H14FN3O2. The van der Waals surface area contributed by atoms with Crippen molar-refractivity contribution >= 4 is 17.1 Å². The highest BCUT2D eigenvalue weighted by molar-refractivity contribution is 5.55. The molecule has 0 radical (unpaired) electrons. The molecule has 0 aliphatic carbocycles. The van der Waals surface area contributed by atoms with Crippen LogP contribution >= 0.6 is 0 Å². The molecule has 0 fully saturated rings. The summed E-state index contributed by atoms with van der Waals surface area (Å²) in [4.78, 5) is 12.2. The maximum atomic E-state index is 12.9. The number of nitrogens with two attached hydrogens (primary N) is 1. The van der Waals surface area contributed by atoms with E-state index >= 15 is 0 Å². The van der Waals surface area contributed by atoms with Gasteiger partial charge in [0, 0.05) is 42.7 Å². The Kier molecular flexibility index (Phi) is 3.84. The van der Waals surface area contributed by atoms with Crippen molar-refractivity contribution in [3.8, 4) is 0 Å². The summed E-state index contributed by atoms with van der Waals surface area (Å²) in [5.41, 5.74) is 7.78. The summed E-state index contributed by atoms with van der Waals surface area (Å²) in [6.45, 7) is 0.402. The van der Waals surface area contributed by atoms with Gasteiger partial charge in [0.15, 0.2) is 0 Å². The molecule has 20 heavy (non-hydrogen) atoms. The smallest absolute Gasteiger partial charge is 0.269 e. The molecule has 6 heteroatoms. The first-order valence-corrected chi connectivity index (χ1v) is 5.97. The first-order valence-electron chi connectivity index (χ1n) is 5.97. The fourth-order valence-electron chi connectivity index (χ4n) is 1.89. The van der Waals surface area contributed by atoms with Gasteiger partial charge in [0.1, 0.15) is 5.82 Å². The van der Waals surface area contributed by atoms with E-state index in [0.29, 0.717) is 17.8 Å². The monoisotopic (exact) mass is 275 g/mol. The Hall–Kier alpha value is -2.63. The topological polar surface area (TPSA) is 72.4 Å². The minimum Gasteiger partial charge on any atom is -0.398 e. The molecule has 0 unspecified atom stereocenters. The van der Waals surface area contributed by atoms with E-state index < -0.39 is 4.92 Å². The quantitative estimate of drug-likeness (QED) is 0.529. The normalized spacial score (nSPS) is 10.3. The number of halogens is 1. The summed E-state index contributed by atoms with van der Waals surface area (Å²) in [6.07, 6.45) is 0. The molecule has 0 spiro atoms. The van der Waals surface area contributed by atoms with E-state index in [1.165, 1.54) is 30.3 Å². The number of hydrogen-bond acceptors (Lipinski definition) is 4. The summed E-state index contributed by atoms with van der Waals surface area (Å²) in [6, 6.07) is 10.4. The van der Waals surface area contributed by atoms with E-state index in [-0.39, 0.29) is 11.5 Å². The third-order valence-corrected chi connectivity index (χ3v) is 3.01. The minimum atomic E-state index is -0.458. The molecular weight excluding hydrogens is 261 g/mol. The Bertz CT molecular complexity index is 629. The van der Waals surface area contributed by atoms with Crippen molar-refractivity contribution in [3.63, 3.8) is 0 Å². The lowest BCUT2D eigenvalue weighted by atomic mass is 10.1. The van der Waals surface area contributed by atoms with Crippen LogP contribution in [0.1, 0.15) is 5.56 Å². The Morgan fingerprint density at radius 3 is 2.50 bits per heavy atom. The average Bonchev–Trinajstić information content (AvgIpc) is 2.41. The van der Waals surface area contributed by atoms with Gasteiger partial charge in [-0.1, -0.05) is 0 Å². The summed E-state index contributed by atoms with van der Waals surface area (Å²) in [5.74, 6) is -0.308. The molecule has 0 saturated carbocycles. The number of nitrogens with zero attached hydrogens (tertiary/aromatic N) is 2. The van der Waals surface area contributed by atoms with Gasteiger partial charge in [-0.05, 0) is 30.3 Å². The summed E-state index contributed by atoms with van der Waals surface area (Å²) in [7, 11) is 1.81. The maximum Gasteiger partial charge on any atom is 0.269 e. The predicted octanol–water partition coefficient (Wildman–Crippen LogP) is 2.95. The maximum absolute atomic E-state index is 12.9. The highest BCUT2D eigenvalue weighted by Gasteiger charge is 2.11. The fraction of sp³-hybridized carbons (Fsp3) is 0.143. The van der Waals surface area contributed by atoms with Crippen molar-refractivity contribution in [2.24, 2.45) is 0 Å². The molecule has 2 aromatic rings. The van der Waals surface area contributed by atoms with Crippen molar-refractivity contribution in [1.29, 1.82) is 0 Å². The Morgan fingerprint density at radius 1 is 1.25 bits per heavy atom. The van der Waals surface area contributed by atoms with Crippen LogP contribution in [-0.4, -0.2) is 12.0 Å². The molecule has 2 N–H and O–H groups in total. The largest absolute Gasteiger partial charge is 0.398 e. The summed E-state index contributed by atoms with van der Waals surface area (Å²) < 4.78 is 12.9. The number of hydrogen-bond donors (Lipinski definition) is 1. The molecule has 2 aromatic carbocycles. The second kappa shape index (κ2) is 5.56. The van der Waals surface area contributed by atoms with Gasteiger partial charge in [-0.2, -0.15) is 0 Å². The lowest BCUT2D eigenvalue weighted by Crippen LogP contribution is -2.17. The average molecular weight is 275 g/mol. The van der Waals surface area contributed by atoms with Crippen LogP contribution in [0.2, 0.25) is 0 Å². The fourth-order valence-corrected chi connectivity index (χ4v) is 1.89. The number of nitrogen functional groups attached to an aromatic ring is 1. The van der Waals surface area contributed by atoms with Crippen molar-refractivity contribution < 1.29 is 9.31 Å². The summed E-state index contributed by atoms with van der Waals surface area (Å²) >= 11 is 0. The number of nitro benzene ring substituents is 1. The third-order valence-electron chi connectivity index (χ3n) is 3.01. The highest BCUT2D eigenvalue weighted by Crippen LogP contribution is 2.23. The third kappa shape index (κ3) is 3.03. The lowest BCUT2D eigenvalue weighted by Gasteiger charge is -2.20. The number of anilines is 2. The molecule has 0 atom stereocenters. The van der Waals surface area contributed by atoms with Gasteiger partial charge in [0.2, 0.25) is 0 Å². The second-order valence-electron chi connectivity index (χ2n) is 4.47. The first-order chi connectivity index (χ1) is 9.47. The molecule has 0 aromatic heterocycles. The van der Waals surface area contributed by atoms with Gasteiger partial charge in [-0.25, -0.2) is 4.39 Å². The van der Waals surface area contributed by atoms with Crippen molar-refractivity contribution in [1.82, 2.24) is 0 Å². The van der Waals surface area contributed by atoms with Crippen LogP contribution in [0.15, 0.2) is 42.5 Å². The first kappa shape index (κ1) is 13.8. The van der Waals surface area contributed by atoms with E-state index in [1.807, 2.05) is 11.9 Å². The van der Waals surface area contributed by atoms with Crippen molar-refractivity contribution in [2.75, 3.05) is 17.7 Å². The molecule has 0 amide bonds. The van der Waals surface area contributed by atoms with Crippen molar-refractivity contribution in [2.45, 2.75) is 6.54 Å². The molecule has 0 saturated heterocycles. The Morgan fingerprint density at radius 2 is 1.90 bits per heavy atom. The molecule has 0 aliphatic rings. The highest BCUT2D eigenvalue weighted by atomic mass is 19.1. The van der Waals surface area contributed by atoms with E-state index in [9.17, 15) is 14.5 Å². The Labute approximate surface area is 115 Å². The molecule has 104 valence electrons. The molecule has 5 nitrogen and oxygen atoms in total. The zero-order chi connectivity index (χ0) is 14.7. The molecule has 0 aliphatic heterocycles. The molecule has 0 bridgehead atoms. The van der Waals surface area contributed by atoms with Crippen LogP contribution in [0.4, 0.5) is 21.5 Å². The Balaban J connectivity index is 2.22. The SMILES string of the molecule is CN(Cc1cc([N+](=O)[O-])ccc1N)c1ccc(F)cc1. The van der Waals surface area contributed by atoms with Crippen LogP contribution < -0.4 is 10.6 Å². The second-order valence-corrected chi connectivity index (χ2v) is 4.47. The number of rotatable bonds is 4. The van der Waals surface area contributed by atoms with Gasteiger partial charge in [-0.3, -0.25) is 10.1 Å². The van der Waals surface area contributed by atoms with Crippen LogP contribution in [0.3, 0.4) is 0 Å². The zero-order valence-corrected chi connectivity index (χ0v) is 10.9. The van der Waals surface area contributed by atoms with E-state index in [1.54, 1.807) is 12.1 Å².